The molecule has 190 valence electrons. The van der Waals surface area contributed by atoms with Crippen molar-refractivity contribution in [3.63, 3.8) is 0 Å². The third-order valence-corrected chi connectivity index (χ3v) is 5.90. The van der Waals surface area contributed by atoms with Crippen molar-refractivity contribution in [1.29, 1.82) is 0 Å². The zero-order chi connectivity index (χ0) is 25.9. The molecule has 0 aromatic heterocycles. The van der Waals surface area contributed by atoms with Gasteiger partial charge in [0.1, 0.15) is 0 Å². The van der Waals surface area contributed by atoms with Gasteiger partial charge < -0.3 is 5.11 Å². The molecule has 0 aromatic rings. The molecule has 0 saturated heterocycles. The molecule has 0 heterocycles. The van der Waals surface area contributed by atoms with E-state index >= 15 is 0 Å². The summed E-state index contributed by atoms with van der Waals surface area (Å²) in [6.45, 7) is 18.6. The highest BCUT2D eigenvalue weighted by molar-refractivity contribution is 5.47. The van der Waals surface area contributed by atoms with Crippen molar-refractivity contribution in [2.45, 2.75) is 107 Å². The number of aliphatic hydroxyl groups excluding tert-OH is 1. The van der Waals surface area contributed by atoms with Crippen LogP contribution < -0.4 is 0 Å². The van der Waals surface area contributed by atoms with Crippen LogP contribution in [-0.4, -0.2) is 11.2 Å². The molecule has 34 heavy (non-hydrogen) atoms. The van der Waals surface area contributed by atoms with E-state index in [-0.39, 0.29) is 0 Å². The highest BCUT2D eigenvalue weighted by Gasteiger charge is 2.24. The molecule has 0 aliphatic heterocycles. The van der Waals surface area contributed by atoms with Gasteiger partial charge in [-0.1, -0.05) is 120 Å². The predicted molar refractivity (Wildman–Crippen MR) is 155 cm³/mol. The van der Waals surface area contributed by atoms with Gasteiger partial charge in [0.2, 0.25) is 0 Å². The van der Waals surface area contributed by atoms with Crippen LogP contribution in [-0.2, 0) is 0 Å². The van der Waals surface area contributed by atoms with Gasteiger partial charge in [-0.25, -0.2) is 0 Å². The average Bonchev–Trinajstić information content (AvgIpc) is 2.90. The minimum atomic E-state index is -0.432. The van der Waals surface area contributed by atoms with Crippen LogP contribution >= 0.6 is 0 Å². The van der Waals surface area contributed by atoms with Crippen LogP contribution in [0.1, 0.15) is 101 Å². The van der Waals surface area contributed by atoms with E-state index in [1.807, 2.05) is 53.7 Å². The summed E-state index contributed by atoms with van der Waals surface area (Å²) in [6, 6.07) is 0. The first-order chi connectivity index (χ1) is 16.6. The lowest BCUT2D eigenvalue weighted by Gasteiger charge is -2.29. The Labute approximate surface area is 212 Å². The van der Waals surface area contributed by atoms with Gasteiger partial charge in [-0.2, -0.15) is 0 Å². The molecule has 0 spiro atoms. The summed E-state index contributed by atoms with van der Waals surface area (Å²) in [6.07, 6.45) is 28.2. The second-order valence-electron chi connectivity index (χ2n) is 8.05. The molecule has 2 atom stereocenters. The molecule has 0 fully saturated rings. The first-order valence-electron chi connectivity index (χ1n) is 13.8. The molecule has 1 N–H and O–H groups in total. The largest absolute Gasteiger partial charge is 0.385 e. The van der Waals surface area contributed by atoms with Gasteiger partial charge >= 0.3 is 0 Å². The topological polar surface area (TPSA) is 20.2 Å². The molecule has 3 rings (SSSR count). The number of hydrogen-bond donors (Lipinski definition) is 1. The maximum absolute atomic E-state index is 9.90. The third kappa shape index (κ3) is 10.0. The molecule has 1 nitrogen and oxygen atoms in total. The highest BCUT2D eigenvalue weighted by atomic mass is 16.3. The quantitative estimate of drug-likeness (QED) is 0.306. The van der Waals surface area contributed by atoms with Gasteiger partial charge in [0.25, 0.3) is 0 Å². The van der Waals surface area contributed by atoms with E-state index in [9.17, 15) is 5.11 Å². The molecule has 3 aliphatic carbocycles. The third-order valence-electron chi connectivity index (χ3n) is 5.90. The summed E-state index contributed by atoms with van der Waals surface area (Å²) in [4.78, 5) is 0. The minimum Gasteiger partial charge on any atom is -0.385 e. The molecule has 3 aliphatic rings. The smallest absolute Gasteiger partial charge is 0.0908 e. The van der Waals surface area contributed by atoms with E-state index in [1.54, 1.807) is 5.57 Å². The van der Waals surface area contributed by atoms with E-state index in [0.29, 0.717) is 5.92 Å². The summed E-state index contributed by atoms with van der Waals surface area (Å²) in [5, 5.41) is 9.90. The molecular formula is C33H52O. The Morgan fingerprint density at radius 1 is 0.912 bits per heavy atom. The van der Waals surface area contributed by atoms with E-state index in [2.05, 4.69) is 69.4 Å². The van der Waals surface area contributed by atoms with Crippen LogP contribution in [0.3, 0.4) is 0 Å². The Hall–Kier alpha value is -2.12. The molecule has 0 saturated carbocycles. The fraction of sp³-hybridized carbons (Fsp3) is 0.515. The molecule has 0 radical (unpaired) electrons. The summed E-state index contributed by atoms with van der Waals surface area (Å²) < 4.78 is 0. The Balaban J connectivity index is 0.00000168. The van der Waals surface area contributed by atoms with Crippen LogP contribution in [0.2, 0.25) is 0 Å². The summed E-state index contributed by atoms with van der Waals surface area (Å²) in [5.74, 6) is 0.393. The van der Waals surface area contributed by atoms with E-state index < -0.39 is 6.10 Å². The standard InChI is InChI=1S/C27H34O.3C2H6/c1-4-7-22(8-5-2)27(23-13-11-20(3)12-14-23)24-17-15-21(16-18-24)25-9-6-10-26(28)19-25;3*1-2/h4,6-8,10-11,13,15,17,19,26-28H,5,9,12,14,16,18H2,1-3H3;3*1-2H3/b7-4-,22-8+;;;. The fourth-order valence-corrected chi connectivity index (χ4v) is 4.44. The van der Waals surface area contributed by atoms with Gasteiger partial charge in [-0.05, 0) is 75.2 Å². The second-order valence-corrected chi connectivity index (χ2v) is 8.05. The lowest BCUT2D eigenvalue weighted by Crippen LogP contribution is -2.14. The van der Waals surface area contributed by atoms with Gasteiger partial charge in [0.05, 0.1) is 6.10 Å². The minimum absolute atomic E-state index is 0.393. The Morgan fingerprint density at radius 2 is 1.53 bits per heavy atom. The van der Waals surface area contributed by atoms with Crippen LogP contribution in [0, 0.1) is 5.92 Å². The molecule has 1 heteroatoms. The molecule has 0 amide bonds. The highest BCUT2D eigenvalue weighted by Crippen LogP contribution is 2.40. The second kappa shape index (κ2) is 19.2. The van der Waals surface area contributed by atoms with E-state index in [1.165, 1.54) is 34.3 Å². The van der Waals surface area contributed by atoms with Crippen molar-refractivity contribution in [1.82, 2.24) is 0 Å². The van der Waals surface area contributed by atoms with Gasteiger partial charge in [0, 0.05) is 5.92 Å². The fourth-order valence-electron chi connectivity index (χ4n) is 4.44. The maximum Gasteiger partial charge on any atom is 0.0908 e. The molecule has 2 unspecified atom stereocenters. The van der Waals surface area contributed by atoms with E-state index in [0.717, 1.165) is 32.1 Å². The Kier molecular flexibility index (Phi) is 18.0. The van der Waals surface area contributed by atoms with Crippen molar-refractivity contribution >= 4 is 0 Å². The number of allylic oxidation sites excluding steroid dienone is 14. The SMILES string of the molecule is C/C=C\C(=C/CC)C(C1=CC=C(C)CC1)C1=CC=C(C2=CC(O)C=CC2)CC1.CC.CC.CC. The Bertz CT molecular complexity index is 821. The zero-order valence-corrected chi connectivity index (χ0v) is 23.6. The average molecular weight is 465 g/mol. The summed E-state index contributed by atoms with van der Waals surface area (Å²) in [5.41, 5.74) is 8.64. The lowest BCUT2D eigenvalue weighted by atomic mass is 9.75. The maximum atomic E-state index is 9.90. The van der Waals surface area contributed by atoms with Crippen molar-refractivity contribution in [2.75, 3.05) is 0 Å². The van der Waals surface area contributed by atoms with Crippen molar-refractivity contribution in [2.24, 2.45) is 5.92 Å². The van der Waals surface area contributed by atoms with Crippen LogP contribution in [0.5, 0.6) is 0 Å². The molecule has 0 aromatic carbocycles. The Morgan fingerprint density at radius 3 is 2.00 bits per heavy atom. The normalized spacial score (nSPS) is 20.6. The molecular weight excluding hydrogens is 412 g/mol. The van der Waals surface area contributed by atoms with Crippen molar-refractivity contribution < 1.29 is 5.11 Å². The zero-order valence-electron chi connectivity index (χ0n) is 23.6. The van der Waals surface area contributed by atoms with E-state index in [4.69, 9.17) is 0 Å². The van der Waals surface area contributed by atoms with Crippen molar-refractivity contribution in [3.05, 3.63) is 94.2 Å². The predicted octanol–water partition coefficient (Wildman–Crippen LogP) is 10.2. The first-order valence-corrected chi connectivity index (χ1v) is 13.8. The van der Waals surface area contributed by atoms with Crippen LogP contribution in [0.4, 0.5) is 0 Å². The number of hydrogen-bond acceptors (Lipinski definition) is 1. The molecule has 0 bridgehead atoms. The van der Waals surface area contributed by atoms with Gasteiger partial charge in [-0.15, -0.1) is 0 Å². The number of aliphatic hydroxyl groups is 1. The van der Waals surface area contributed by atoms with Gasteiger partial charge in [-0.3, -0.25) is 0 Å². The monoisotopic (exact) mass is 464 g/mol. The van der Waals surface area contributed by atoms with Crippen LogP contribution in [0.15, 0.2) is 94.2 Å². The summed E-state index contributed by atoms with van der Waals surface area (Å²) >= 11 is 0. The number of rotatable bonds is 6. The first kappa shape index (κ1) is 31.9. The van der Waals surface area contributed by atoms with Gasteiger partial charge in [0.15, 0.2) is 0 Å². The van der Waals surface area contributed by atoms with Crippen molar-refractivity contribution in [3.8, 4) is 0 Å². The summed E-state index contributed by atoms with van der Waals surface area (Å²) in [7, 11) is 0. The van der Waals surface area contributed by atoms with Crippen LogP contribution in [0.25, 0.3) is 0 Å². The lowest BCUT2D eigenvalue weighted by molar-refractivity contribution is 0.268.